The van der Waals surface area contributed by atoms with Gasteiger partial charge in [0.15, 0.2) is 0 Å². The van der Waals surface area contributed by atoms with Crippen LogP contribution < -0.4 is 10.2 Å². The van der Waals surface area contributed by atoms with Crippen LogP contribution in [0.25, 0.3) is 0 Å². The van der Waals surface area contributed by atoms with Crippen molar-refractivity contribution in [1.82, 2.24) is 5.32 Å². The first-order chi connectivity index (χ1) is 46.0. The number of phosphoric acid groups is 1. The summed E-state index contributed by atoms with van der Waals surface area (Å²) in [6, 6.07) is -0.807. The van der Waals surface area contributed by atoms with Gasteiger partial charge in [-0.1, -0.05) is 400 Å². The van der Waals surface area contributed by atoms with E-state index >= 15 is 0 Å². The van der Waals surface area contributed by atoms with E-state index in [0.717, 1.165) is 89.9 Å². The molecule has 2 N–H and O–H groups in total. The van der Waals surface area contributed by atoms with Gasteiger partial charge in [0.1, 0.15) is 13.2 Å². The number of aliphatic hydroxyl groups is 1. The predicted octanol–water partition coefficient (Wildman–Crippen LogP) is 26.2. The molecule has 8 nitrogen and oxygen atoms in total. The van der Waals surface area contributed by atoms with E-state index in [0.29, 0.717) is 23.9 Å². The van der Waals surface area contributed by atoms with Crippen molar-refractivity contribution in [2.24, 2.45) is 0 Å². The molecule has 548 valence electrons. The number of hydrogen-bond acceptors (Lipinski definition) is 6. The molecule has 0 fully saturated rings. The van der Waals surface area contributed by atoms with E-state index in [4.69, 9.17) is 9.05 Å². The van der Waals surface area contributed by atoms with E-state index < -0.39 is 20.0 Å². The number of carbonyl (C=O) groups is 1. The Morgan fingerprint density at radius 2 is 0.649 bits per heavy atom. The van der Waals surface area contributed by atoms with E-state index in [9.17, 15) is 19.4 Å². The van der Waals surface area contributed by atoms with Crippen LogP contribution in [-0.2, 0) is 18.4 Å². The lowest BCUT2D eigenvalue weighted by Crippen LogP contribution is -2.46. The molecule has 94 heavy (non-hydrogen) atoms. The van der Waals surface area contributed by atoms with Gasteiger partial charge in [-0.15, -0.1) is 0 Å². The summed E-state index contributed by atoms with van der Waals surface area (Å²) in [4.78, 5) is 25.8. The smallest absolute Gasteiger partial charge is 0.268 e. The van der Waals surface area contributed by atoms with Gasteiger partial charge in [0, 0.05) is 6.42 Å². The Kier molecular flexibility index (Phi) is 72.6. The second-order valence-corrected chi connectivity index (χ2v) is 30.2. The Labute approximate surface area is 585 Å². The Morgan fingerprint density at radius 1 is 0.383 bits per heavy atom. The molecule has 0 aliphatic carbocycles. The van der Waals surface area contributed by atoms with Gasteiger partial charge in [0.05, 0.1) is 39.9 Å². The van der Waals surface area contributed by atoms with E-state index in [2.05, 4.69) is 116 Å². The number of hydrogen-bond donors (Lipinski definition) is 2. The van der Waals surface area contributed by atoms with Crippen molar-refractivity contribution >= 4 is 13.7 Å². The normalized spacial score (nSPS) is 14.0. The monoisotopic (exact) mass is 1330 g/mol. The molecule has 9 heteroatoms. The predicted molar refractivity (Wildman–Crippen MR) is 413 cm³/mol. The Balaban J connectivity index is 3.96. The lowest BCUT2D eigenvalue weighted by molar-refractivity contribution is -0.870. The summed E-state index contributed by atoms with van der Waals surface area (Å²) in [6.07, 6.45) is 108. The average molecular weight is 1330 g/mol. The first kappa shape index (κ1) is 91.4. The number of unbranched alkanes of at least 4 members (excludes halogenated alkanes) is 46. The van der Waals surface area contributed by atoms with Crippen LogP contribution in [0.5, 0.6) is 0 Å². The lowest BCUT2D eigenvalue weighted by atomic mass is 10.0. The topological polar surface area (TPSA) is 108 Å². The summed E-state index contributed by atoms with van der Waals surface area (Å²) in [6.45, 7) is 4.66. The van der Waals surface area contributed by atoms with E-state index in [1.54, 1.807) is 0 Å². The Bertz CT molecular complexity index is 1860. The lowest BCUT2D eigenvalue weighted by Gasteiger charge is -2.30. The van der Waals surface area contributed by atoms with Gasteiger partial charge in [-0.2, -0.15) is 0 Å². The number of allylic oxidation sites excluding steroid dienone is 16. The van der Waals surface area contributed by atoms with Crippen molar-refractivity contribution in [2.75, 3.05) is 40.9 Å². The Hall–Kier alpha value is -2.58. The summed E-state index contributed by atoms with van der Waals surface area (Å²) in [5, 5.41) is 14.2. The summed E-state index contributed by atoms with van der Waals surface area (Å²) in [7, 11) is 1.31. The number of quaternary nitrogens is 1. The number of amides is 1. The molecule has 0 aliphatic rings. The molecule has 0 aromatic rings. The molecule has 0 bridgehead atoms. The molecule has 0 aromatic heterocycles. The van der Waals surface area contributed by atoms with E-state index in [-0.39, 0.29) is 19.1 Å². The van der Waals surface area contributed by atoms with Gasteiger partial charge < -0.3 is 28.8 Å². The summed E-state index contributed by atoms with van der Waals surface area (Å²) in [5.74, 6) is -0.161. The fourth-order valence-corrected chi connectivity index (χ4v) is 12.8. The fourth-order valence-electron chi connectivity index (χ4n) is 12.1. The number of phosphoric ester groups is 1. The highest BCUT2D eigenvalue weighted by Crippen LogP contribution is 2.38. The van der Waals surface area contributed by atoms with Crippen LogP contribution in [0, 0.1) is 0 Å². The van der Waals surface area contributed by atoms with Crippen molar-refractivity contribution in [2.45, 2.75) is 398 Å². The Morgan fingerprint density at radius 3 is 0.947 bits per heavy atom. The third-order valence-corrected chi connectivity index (χ3v) is 19.3. The van der Waals surface area contributed by atoms with Crippen LogP contribution in [0.3, 0.4) is 0 Å². The molecular formula is C85H157N2O6P. The van der Waals surface area contributed by atoms with E-state index in [1.165, 1.54) is 270 Å². The number of nitrogens with zero attached hydrogens (tertiary/aromatic N) is 1. The molecule has 3 unspecified atom stereocenters. The number of carbonyl (C=O) groups excluding carboxylic acids is 1. The largest absolute Gasteiger partial charge is 0.756 e. The highest BCUT2D eigenvalue weighted by molar-refractivity contribution is 7.45. The zero-order chi connectivity index (χ0) is 68.3. The highest BCUT2D eigenvalue weighted by Gasteiger charge is 2.24. The SMILES string of the molecule is CC/C=C\C/C=C\C/C=C\C/C=C\C/C=C\C/C=C\C/C=C\C/C=C\CCCCCCCCCCCCCCCCCCC(=O)NC(COP(=O)([O-])OCC[N+](C)(C)C)C(O)CCCCCCCCCCCCCCCCCCCCCCCCCCCCCCCCC. The van der Waals surface area contributed by atoms with Crippen LogP contribution in [0.2, 0.25) is 0 Å². The number of aliphatic hydroxyl groups excluding tert-OH is 1. The molecule has 0 saturated heterocycles. The van der Waals surface area contributed by atoms with Gasteiger partial charge in [-0.25, -0.2) is 0 Å². The van der Waals surface area contributed by atoms with Crippen LogP contribution in [0.1, 0.15) is 386 Å². The molecule has 0 heterocycles. The van der Waals surface area contributed by atoms with Gasteiger partial charge >= 0.3 is 0 Å². The van der Waals surface area contributed by atoms with Gasteiger partial charge in [0.25, 0.3) is 7.82 Å². The fraction of sp³-hybridized carbons (Fsp3) is 0.800. The number of rotatable bonds is 75. The van der Waals surface area contributed by atoms with Gasteiger partial charge in [-0.3, -0.25) is 9.36 Å². The first-order valence-corrected chi connectivity index (χ1v) is 42.0. The third-order valence-electron chi connectivity index (χ3n) is 18.3. The highest BCUT2D eigenvalue weighted by atomic mass is 31.2. The van der Waals surface area contributed by atoms with Crippen LogP contribution in [0.15, 0.2) is 97.2 Å². The summed E-state index contributed by atoms with van der Waals surface area (Å²) < 4.78 is 23.6. The van der Waals surface area contributed by atoms with Crippen molar-refractivity contribution in [3.8, 4) is 0 Å². The van der Waals surface area contributed by atoms with E-state index in [1.807, 2.05) is 21.1 Å². The molecule has 1 amide bonds. The second-order valence-electron chi connectivity index (χ2n) is 28.8. The molecule has 3 atom stereocenters. The maximum atomic E-state index is 13.1. The zero-order valence-electron chi connectivity index (χ0n) is 62.9. The van der Waals surface area contributed by atoms with Crippen molar-refractivity contribution in [1.29, 1.82) is 0 Å². The second kappa shape index (κ2) is 74.6. The number of likely N-dealkylation sites (N-methyl/N-ethyl adjacent to an activating group) is 1. The molecular weight excluding hydrogens is 1180 g/mol. The average Bonchev–Trinajstić information content (AvgIpc) is 1.77. The summed E-state index contributed by atoms with van der Waals surface area (Å²) in [5.41, 5.74) is 0. The van der Waals surface area contributed by atoms with Crippen LogP contribution >= 0.6 is 7.82 Å². The molecule has 0 radical (unpaired) electrons. The van der Waals surface area contributed by atoms with Crippen molar-refractivity contribution in [3.63, 3.8) is 0 Å². The maximum Gasteiger partial charge on any atom is 0.268 e. The molecule has 0 aliphatic heterocycles. The van der Waals surface area contributed by atoms with Crippen molar-refractivity contribution in [3.05, 3.63) is 97.2 Å². The minimum absolute atomic E-state index is 0.0111. The van der Waals surface area contributed by atoms with Crippen LogP contribution in [-0.4, -0.2) is 68.5 Å². The molecule has 0 saturated carbocycles. The number of nitrogens with one attached hydrogen (secondary N) is 1. The van der Waals surface area contributed by atoms with Gasteiger partial charge in [0.2, 0.25) is 5.91 Å². The van der Waals surface area contributed by atoms with Gasteiger partial charge in [-0.05, 0) is 77.0 Å². The molecule has 0 spiro atoms. The minimum atomic E-state index is -4.59. The zero-order valence-corrected chi connectivity index (χ0v) is 63.8. The quantitative estimate of drug-likeness (QED) is 0.0272. The third kappa shape index (κ3) is 76.8. The molecule has 0 rings (SSSR count). The molecule has 0 aromatic carbocycles. The van der Waals surface area contributed by atoms with Crippen molar-refractivity contribution < 1.29 is 32.9 Å². The van der Waals surface area contributed by atoms with Crippen LogP contribution in [0.4, 0.5) is 0 Å². The summed E-state index contributed by atoms with van der Waals surface area (Å²) >= 11 is 0. The maximum absolute atomic E-state index is 13.1. The minimum Gasteiger partial charge on any atom is -0.756 e. The first-order valence-electron chi connectivity index (χ1n) is 40.6. The standard InChI is InChI=1S/C85H157N2O6P/c1-6-8-10-12-14-16-18-20-22-24-26-28-30-32-34-36-38-39-40-41-42-43-44-45-46-47-49-51-53-55-57-59-61-63-65-67-69-71-73-75-77-79-85(89)86-83(82-93-94(90,91)92-81-80-87(3,4)5)84(88)78-76-74-72-70-68-66-64-62-60-58-56-54-52-50-48-37-35-33-31-29-27-25-23-21-19-17-15-13-11-9-7-2/h8,10,14,16,20,22,26,28,32,34,38-39,41-42,44-45,83-84,88H,6-7,9,11-13,15,17-19,21,23-25,27,29-31,33,35-37,40,43,46-82H2,1-5H3,(H-,86,89,90,91)/b10-8-,16-14-,22-20-,28-26-,34-32-,39-38-,42-41-,45-44-.